The first kappa shape index (κ1) is 14.7. The largest absolute Gasteiger partial charge is 0.349 e. The molecule has 0 fully saturated rings. The molecule has 94 valence electrons. The third-order valence-electron chi connectivity index (χ3n) is 2.89. The topological polar surface area (TPSA) is 29.1 Å². The van der Waals surface area contributed by atoms with Gasteiger partial charge >= 0.3 is 0 Å². The van der Waals surface area contributed by atoms with Crippen molar-refractivity contribution in [1.82, 2.24) is 5.32 Å². The normalized spacial score (nSPS) is 14.2. The Morgan fingerprint density at radius 1 is 1.41 bits per heavy atom. The highest BCUT2D eigenvalue weighted by Gasteiger charge is 2.15. The van der Waals surface area contributed by atoms with Crippen molar-refractivity contribution in [3.63, 3.8) is 0 Å². The molecule has 0 bridgehead atoms. The van der Waals surface area contributed by atoms with Gasteiger partial charge in [-0.05, 0) is 37.5 Å². The van der Waals surface area contributed by atoms with Crippen LogP contribution in [0.15, 0.2) is 22.7 Å². The highest BCUT2D eigenvalue weighted by atomic mass is 79.9. The molecule has 0 saturated heterocycles. The van der Waals surface area contributed by atoms with E-state index in [4.69, 9.17) is 0 Å². The van der Waals surface area contributed by atoms with Crippen molar-refractivity contribution in [2.75, 3.05) is 5.33 Å². The minimum absolute atomic E-state index is 0.0222. The molecule has 1 aromatic carbocycles. The number of carbonyl (C=O) groups is 1. The van der Waals surface area contributed by atoms with E-state index in [1.807, 2.05) is 32.0 Å². The van der Waals surface area contributed by atoms with Crippen molar-refractivity contribution in [3.05, 3.63) is 33.8 Å². The lowest BCUT2D eigenvalue weighted by atomic mass is 10.1. The van der Waals surface area contributed by atoms with E-state index < -0.39 is 0 Å². The van der Waals surface area contributed by atoms with Crippen molar-refractivity contribution in [2.45, 2.75) is 26.8 Å². The Kier molecular flexibility index (Phi) is 5.67. The molecule has 2 nitrogen and oxygen atoms in total. The molecule has 0 aliphatic carbocycles. The third-order valence-corrected chi connectivity index (χ3v) is 4.77. The molecule has 0 aliphatic heterocycles. The minimum Gasteiger partial charge on any atom is -0.349 e. The van der Waals surface area contributed by atoms with Crippen molar-refractivity contribution >= 4 is 37.8 Å². The van der Waals surface area contributed by atoms with Gasteiger partial charge in [-0.15, -0.1) is 0 Å². The summed E-state index contributed by atoms with van der Waals surface area (Å²) in [7, 11) is 0. The molecule has 0 aliphatic rings. The zero-order valence-electron chi connectivity index (χ0n) is 10.3. The van der Waals surface area contributed by atoms with Crippen LogP contribution in [-0.2, 0) is 0 Å². The maximum atomic E-state index is 12.0. The van der Waals surface area contributed by atoms with Gasteiger partial charge in [-0.25, -0.2) is 0 Å². The molecule has 0 radical (unpaired) electrons. The summed E-state index contributed by atoms with van der Waals surface area (Å²) >= 11 is 6.86. The maximum absolute atomic E-state index is 12.0. The molecule has 0 aromatic heterocycles. The first-order valence-electron chi connectivity index (χ1n) is 5.58. The highest BCUT2D eigenvalue weighted by Crippen LogP contribution is 2.17. The number of nitrogens with one attached hydrogen (secondary N) is 1. The van der Waals surface area contributed by atoms with E-state index in [-0.39, 0.29) is 11.9 Å². The Hall–Kier alpha value is -0.350. The second-order valence-electron chi connectivity index (χ2n) is 4.36. The number of rotatable bonds is 4. The molecular formula is C13H17Br2NO. The van der Waals surface area contributed by atoms with Gasteiger partial charge < -0.3 is 5.32 Å². The second-order valence-corrected chi connectivity index (χ2v) is 5.86. The molecule has 1 amide bonds. The Labute approximate surface area is 119 Å². The van der Waals surface area contributed by atoms with Gasteiger partial charge in [-0.3, -0.25) is 4.79 Å². The van der Waals surface area contributed by atoms with Crippen LogP contribution in [0.3, 0.4) is 0 Å². The fourth-order valence-corrected chi connectivity index (χ4v) is 2.24. The van der Waals surface area contributed by atoms with Gasteiger partial charge in [0.05, 0.1) is 0 Å². The summed E-state index contributed by atoms with van der Waals surface area (Å²) in [5, 5.41) is 3.88. The number of benzene rings is 1. The van der Waals surface area contributed by atoms with Crippen molar-refractivity contribution < 1.29 is 4.79 Å². The summed E-state index contributed by atoms with van der Waals surface area (Å²) in [6.45, 7) is 6.12. The van der Waals surface area contributed by atoms with Crippen LogP contribution in [0.25, 0.3) is 0 Å². The lowest BCUT2D eigenvalue weighted by Crippen LogP contribution is -2.37. The zero-order valence-corrected chi connectivity index (χ0v) is 13.4. The summed E-state index contributed by atoms with van der Waals surface area (Å²) in [5.74, 6) is 0.388. The molecule has 0 saturated carbocycles. The van der Waals surface area contributed by atoms with E-state index in [1.54, 1.807) is 0 Å². The molecule has 2 atom stereocenters. The zero-order chi connectivity index (χ0) is 13.0. The van der Waals surface area contributed by atoms with Crippen LogP contribution >= 0.6 is 31.9 Å². The lowest BCUT2D eigenvalue weighted by Gasteiger charge is -2.19. The quantitative estimate of drug-likeness (QED) is 0.808. The fraction of sp³-hybridized carbons (Fsp3) is 0.462. The van der Waals surface area contributed by atoms with Gasteiger partial charge in [-0.2, -0.15) is 0 Å². The van der Waals surface area contributed by atoms with E-state index in [0.717, 1.165) is 15.4 Å². The summed E-state index contributed by atoms with van der Waals surface area (Å²) in [6, 6.07) is 5.80. The second kappa shape index (κ2) is 6.55. The third kappa shape index (κ3) is 4.11. The van der Waals surface area contributed by atoms with Crippen LogP contribution in [0.1, 0.15) is 29.8 Å². The summed E-state index contributed by atoms with van der Waals surface area (Å²) < 4.78 is 0.964. The number of hydrogen-bond acceptors (Lipinski definition) is 1. The van der Waals surface area contributed by atoms with Gasteiger partial charge in [-0.1, -0.05) is 44.8 Å². The van der Waals surface area contributed by atoms with Crippen molar-refractivity contribution in [3.8, 4) is 0 Å². The molecule has 0 heterocycles. The molecule has 1 N–H and O–H groups in total. The molecule has 1 aromatic rings. The Bertz CT molecular complexity index is 406. The lowest BCUT2D eigenvalue weighted by molar-refractivity contribution is 0.0931. The summed E-state index contributed by atoms with van der Waals surface area (Å²) in [4.78, 5) is 12.0. The van der Waals surface area contributed by atoms with Gasteiger partial charge in [0.15, 0.2) is 0 Å². The number of aryl methyl sites for hydroxylation is 1. The van der Waals surface area contributed by atoms with Gasteiger partial charge in [0.25, 0.3) is 5.91 Å². The van der Waals surface area contributed by atoms with E-state index in [1.165, 1.54) is 0 Å². The van der Waals surface area contributed by atoms with E-state index in [9.17, 15) is 4.79 Å². The Balaban J connectivity index is 2.73. The van der Waals surface area contributed by atoms with E-state index in [0.29, 0.717) is 11.5 Å². The first-order chi connectivity index (χ1) is 7.95. The minimum atomic E-state index is -0.0222. The monoisotopic (exact) mass is 361 g/mol. The molecular weight excluding hydrogens is 346 g/mol. The van der Waals surface area contributed by atoms with E-state index in [2.05, 4.69) is 44.1 Å². The Morgan fingerprint density at radius 2 is 2.06 bits per heavy atom. The van der Waals surface area contributed by atoms with Crippen LogP contribution in [-0.4, -0.2) is 17.3 Å². The predicted molar refractivity (Wildman–Crippen MR) is 78.8 cm³/mol. The van der Waals surface area contributed by atoms with Crippen molar-refractivity contribution in [1.29, 1.82) is 0 Å². The van der Waals surface area contributed by atoms with Crippen molar-refractivity contribution in [2.24, 2.45) is 5.92 Å². The number of alkyl halides is 1. The highest BCUT2D eigenvalue weighted by molar-refractivity contribution is 9.10. The van der Waals surface area contributed by atoms with Crippen LogP contribution in [0.2, 0.25) is 0 Å². The predicted octanol–water partition coefficient (Wildman–Crippen LogP) is 3.91. The van der Waals surface area contributed by atoms with Crippen LogP contribution < -0.4 is 5.32 Å². The average Bonchev–Trinajstić information content (AvgIpc) is 2.31. The Morgan fingerprint density at radius 3 is 2.59 bits per heavy atom. The average molecular weight is 363 g/mol. The fourth-order valence-electron chi connectivity index (χ4n) is 1.30. The van der Waals surface area contributed by atoms with Crippen LogP contribution in [0, 0.1) is 12.8 Å². The van der Waals surface area contributed by atoms with Gasteiger partial charge in [0.2, 0.25) is 0 Å². The smallest absolute Gasteiger partial charge is 0.251 e. The van der Waals surface area contributed by atoms with Crippen LogP contribution in [0.5, 0.6) is 0 Å². The summed E-state index contributed by atoms with van der Waals surface area (Å²) in [5.41, 5.74) is 1.82. The first-order valence-corrected chi connectivity index (χ1v) is 7.50. The van der Waals surface area contributed by atoms with E-state index >= 15 is 0 Å². The molecule has 4 heteroatoms. The molecule has 17 heavy (non-hydrogen) atoms. The number of carbonyl (C=O) groups excluding carboxylic acids is 1. The molecule has 1 rings (SSSR count). The summed E-state index contributed by atoms with van der Waals surface area (Å²) in [6.07, 6.45) is 0. The SMILES string of the molecule is Cc1ccc(C(=O)NC(C)C(C)CBr)cc1Br. The van der Waals surface area contributed by atoms with Crippen LogP contribution in [0.4, 0.5) is 0 Å². The van der Waals surface area contributed by atoms with Gasteiger partial charge in [0.1, 0.15) is 0 Å². The van der Waals surface area contributed by atoms with Gasteiger partial charge in [0, 0.05) is 21.4 Å². The standard InChI is InChI=1S/C13H17Br2NO/c1-8-4-5-11(6-12(8)15)13(17)16-10(3)9(2)7-14/h4-6,9-10H,7H2,1-3H3,(H,16,17). The molecule has 2 unspecified atom stereocenters. The number of hydrogen-bond donors (Lipinski definition) is 1. The number of amides is 1. The molecule has 0 spiro atoms. The maximum Gasteiger partial charge on any atom is 0.251 e. The number of halogens is 2.